The number of carboxylic acid groups (broad SMARTS) is 1. The number of benzene rings is 1. The van der Waals surface area contributed by atoms with E-state index in [4.69, 9.17) is 5.11 Å². The van der Waals surface area contributed by atoms with Crippen LogP contribution in [0.2, 0.25) is 0 Å². The summed E-state index contributed by atoms with van der Waals surface area (Å²) in [5.74, 6) is -2.03. The number of halogens is 1. The fraction of sp³-hybridized carbons (Fsp3) is 0.500. The molecule has 2 N–H and O–H groups in total. The molecule has 1 aliphatic rings. The van der Waals surface area contributed by atoms with Crippen LogP contribution in [-0.4, -0.2) is 22.0 Å². The molecule has 0 radical (unpaired) electrons. The van der Waals surface area contributed by atoms with Gasteiger partial charge < -0.3 is 10.4 Å². The Morgan fingerprint density at radius 3 is 2.76 bits per heavy atom. The number of carbonyl (C=O) groups is 1. The van der Waals surface area contributed by atoms with Crippen molar-refractivity contribution in [3.05, 3.63) is 33.6 Å². The van der Waals surface area contributed by atoms with Crippen LogP contribution >= 0.6 is 0 Å². The van der Waals surface area contributed by atoms with E-state index in [0.29, 0.717) is 12.0 Å². The molecule has 0 heterocycles. The molecule has 6 nitrogen and oxygen atoms in total. The second kappa shape index (κ2) is 6.07. The molecule has 7 heteroatoms. The van der Waals surface area contributed by atoms with Crippen molar-refractivity contribution in [1.29, 1.82) is 0 Å². The first kappa shape index (κ1) is 15.2. The van der Waals surface area contributed by atoms with E-state index >= 15 is 0 Å². The molecule has 0 saturated heterocycles. The number of hydrogen-bond donors (Lipinski definition) is 2. The zero-order valence-electron chi connectivity index (χ0n) is 11.6. The Kier molecular flexibility index (Phi) is 4.40. The van der Waals surface area contributed by atoms with Crippen LogP contribution in [0, 0.1) is 21.8 Å². The fourth-order valence-electron chi connectivity index (χ4n) is 2.78. The number of anilines is 1. The van der Waals surface area contributed by atoms with E-state index in [2.05, 4.69) is 12.2 Å². The van der Waals surface area contributed by atoms with E-state index in [1.165, 1.54) is 0 Å². The number of nitro groups is 1. The van der Waals surface area contributed by atoms with Gasteiger partial charge in [0.05, 0.1) is 16.6 Å². The van der Waals surface area contributed by atoms with Gasteiger partial charge in [-0.3, -0.25) is 10.1 Å². The second-order valence-corrected chi connectivity index (χ2v) is 5.52. The molecule has 114 valence electrons. The maximum atomic E-state index is 13.6. The SMILES string of the molecule is CC1CCCC(Nc2cc(C(=O)O)c(F)cc2[N+](=O)[O-])C1. The molecule has 1 fully saturated rings. The first-order valence-electron chi connectivity index (χ1n) is 6.86. The maximum Gasteiger partial charge on any atom is 0.338 e. The van der Waals surface area contributed by atoms with Crippen molar-refractivity contribution in [3.8, 4) is 0 Å². The molecule has 0 aromatic heterocycles. The van der Waals surface area contributed by atoms with E-state index < -0.39 is 28.0 Å². The highest BCUT2D eigenvalue weighted by Gasteiger charge is 2.25. The quantitative estimate of drug-likeness (QED) is 0.656. The molecule has 0 bridgehead atoms. The Bertz CT molecular complexity index is 576. The highest BCUT2D eigenvalue weighted by Crippen LogP contribution is 2.32. The van der Waals surface area contributed by atoms with Gasteiger partial charge in [0.1, 0.15) is 11.5 Å². The molecular weight excluding hydrogens is 279 g/mol. The summed E-state index contributed by atoms with van der Waals surface area (Å²) in [6.45, 7) is 2.11. The predicted octanol–water partition coefficient (Wildman–Crippen LogP) is 3.42. The van der Waals surface area contributed by atoms with Crippen molar-refractivity contribution < 1.29 is 19.2 Å². The summed E-state index contributed by atoms with van der Waals surface area (Å²) < 4.78 is 13.6. The Hall–Kier alpha value is -2.18. The number of rotatable bonds is 4. The Morgan fingerprint density at radius 1 is 1.48 bits per heavy atom. The fourth-order valence-corrected chi connectivity index (χ4v) is 2.78. The van der Waals surface area contributed by atoms with Gasteiger partial charge in [-0.05, 0) is 24.8 Å². The van der Waals surface area contributed by atoms with E-state index in [1.54, 1.807) is 0 Å². The van der Waals surface area contributed by atoms with Crippen LogP contribution in [0.1, 0.15) is 43.0 Å². The largest absolute Gasteiger partial charge is 0.478 e. The summed E-state index contributed by atoms with van der Waals surface area (Å²) in [7, 11) is 0. The lowest BCUT2D eigenvalue weighted by atomic mass is 9.87. The topological polar surface area (TPSA) is 92.5 Å². The van der Waals surface area contributed by atoms with Crippen molar-refractivity contribution in [1.82, 2.24) is 0 Å². The predicted molar refractivity (Wildman–Crippen MR) is 75.1 cm³/mol. The number of hydrogen-bond acceptors (Lipinski definition) is 4. The highest BCUT2D eigenvalue weighted by atomic mass is 19.1. The molecular formula is C14H17FN2O4. The third-order valence-corrected chi connectivity index (χ3v) is 3.81. The average Bonchev–Trinajstić information content (AvgIpc) is 2.39. The molecule has 0 spiro atoms. The van der Waals surface area contributed by atoms with E-state index in [0.717, 1.165) is 31.7 Å². The summed E-state index contributed by atoms with van der Waals surface area (Å²) in [4.78, 5) is 21.3. The first-order chi connectivity index (χ1) is 9.88. The second-order valence-electron chi connectivity index (χ2n) is 5.52. The van der Waals surface area contributed by atoms with E-state index in [1.807, 2.05) is 0 Å². The summed E-state index contributed by atoms with van der Waals surface area (Å²) in [5.41, 5.74) is -0.930. The van der Waals surface area contributed by atoms with Gasteiger partial charge in [0.2, 0.25) is 0 Å². The molecule has 1 saturated carbocycles. The van der Waals surface area contributed by atoms with Crippen LogP contribution in [0.25, 0.3) is 0 Å². The number of carboxylic acids is 1. The highest BCUT2D eigenvalue weighted by molar-refractivity contribution is 5.90. The first-order valence-corrected chi connectivity index (χ1v) is 6.86. The van der Waals surface area contributed by atoms with Crippen molar-refractivity contribution in [3.63, 3.8) is 0 Å². The normalized spacial score (nSPS) is 21.8. The van der Waals surface area contributed by atoms with Crippen molar-refractivity contribution in [2.75, 3.05) is 5.32 Å². The molecule has 21 heavy (non-hydrogen) atoms. The molecule has 2 unspecified atom stereocenters. The van der Waals surface area contributed by atoms with Gasteiger partial charge in [-0.15, -0.1) is 0 Å². The van der Waals surface area contributed by atoms with Crippen molar-refractivity contribution in [2.24, 2.45) is 5.92 Å². The van der Waals surface area contributed by atoms with E-state index in [9.17, 15) is 19.3 Å². The average molecular weight is 296 g/mol. The minimum Gasteiger partial charge on any atom is -0.478 e. The van der Waals surface area contributed by atoms with Crippen LogP contribution < -0.4 is 5.32 Å². The third kappa shape index (κ3) is 3.48. The van der Waals surface area contributed by atoms with Crippen LogP contribution in [0.5, 0.6) is 0 Å². The zero-order chi connectivity index (χ0) is 15.6. The van der Waals surface area contributed by atoms with E-state index in [-0.39, 0.29) is 11.7 Å². The molecule has 0 amide bonds. The summed E-state index contributed by atoms with van der Waals surface area (Å²) >= 11 is 0. The minimum atomic E-state index is -1.44. The summed E-state index contributed by atoms with van der Waals surface area (Å²) in [6, 6.07) is 1.71. The lowest BCUT2D eigenvalue weighted by Gasteiger charge is -2.28. The van der Waals surface area contributed by atoms with Crippen molar-refractivity contribution in [2.45, 2.75) is 38.6 Å². The van der Waals surface area contributed by atoms with Gasteiger partial charge in [-0.25, -0.2) is 9.18 Å². The van der Waals surface area contributed by atoms with Crippen LogP contribution in [0.15, 0.2) is 12.1 Å². The maximum absolute atomic E-state index is 13.6. The Labute approximate surface area is 121 Å². The molecule has 1 aromatic carbocycles. The Balaban J connectivity index is 2.33. The van der Waals surface area contributed by atoms with Crippen LogP contribution in [0.3, 0.4) is 0 Å². The zero-order valence-corrected chi connectivity index (χ0v) is 11.6. The number of nitrogens with zero attached hydrogens (tertiary/aromatic N) is 1. The number of nitrogens with one attached hydrogen (secondary N) is 1. The molecule has 2 rings (SSSR count). The van der Waals surface area contributed by atoms with Gasteiger partial charge in [-0.2, -0.15) is 0 Å². The van der Waals surface area contributed by atoms with Gasteiger partial charge >= 0.3 is 5.97 Å². The smallest absolute Gasteiger partial charge is 0.338 e. The van der Waals surface area contributed by atoms with Crippen LogP contribution in [-0.2, 0) is 0 Å². The van der Waals surface area contributed by atoms with Gasteiger partial charge in [-0.1, -0.05) is 19.8 Å². The van der Waals surface area contributed by atoms with Gasteiger partial charge in [0.25, 0.3) is 5.69 Å². The number of nitro benzene ring substituents is 1. The summed E-state index contributed by atoms with van der Waals surface area (Å²) in [5, 5.41) is 23.0. The van der Waals surface area contributed by atoms with Crippen LogP contribution in [0.4, 0.5) is 15.8 Å². The summed E-state index contributed by atoms with van der Waals surface area (Å²) in [6.07, 6.45) is 3.85. The monoisotopic (exact) mass is 296 g/mol. The van der Waals surface area contributed by atoms with Crippen molar-refractivity contribution >= 4 is 17.3 Å². The molecule has 1 aromatic rings. The Morgan fingerprint density at radius 2 is 2.19 bits per heavy atom. The standard InChI is InChI=1S/C14H17FN2O4/c1-8-3-2-4-9(5-8)16-12-6-10(14(18)19)11(15)7-13(12)17(20)21/h6-9,16H,2-5H2,1H3,(H,18,19). The molecule has 2 atom stereocenters. The molecule has 1 aliphatic carbocycles. The third-order valence-electron chi connectivity index (χ3n) is 3.81. The number of aromatic carboxylic acids is 1. The van der Waals surface area contributed by atoms with Gasteiger partial charge in [0, 0.05) is 6.04 Å². The molecule has 0 aliphatic heterocycles. The van der Waals surface area contributed by atoms with Gasteiger partial charge in [0.15, 0.2) is 0 Å². The minimum absolute atomic E-state index is 0.0413. The lowest BCUT2D eigenvalue weighted by molar-refractivity contribution is -0.384. The lowest BCUT2D eigenvalue weighted by Crippen LogP contribution is -2.26.